The number of nitrogens with one attached hydrogen (secondary N) is 1. The molecule has 1 amide bonds. The van der Waals surface area contributed by atoms with Gasteiger partial charge in [0.1, 0.15) is 5.75 Å². The molecule has 0 heterocycles. The predicted molar refractivity (Wildman–Crippen MR) is 97.6 cm³/mol. The van der Waals surface area contributed by atoms with Crippen LogP contribution in [0.2, 0.25) is 0 Å². The average Bonchev–Trinajstić information content (AvgIpc) is 2.54. The molecular weight excluding hydrogens is 338 g/mol. The standard InChI is InChI=1S/C19H23NO4S/c1-13(2)24-17-9-5-15(6-10-17)14(3)20-19(21)16-7-11-18(12-8-16)25(4,22)23/h5-14H,1-4H3,(H,20,21). The van der Waals surface area contributed by atoms with Gasteiger partial charge in [0.2, 0.25) is 0 Å². The Hall–Kier alpha value is -2.34. The van der Waals surface area contributed by atoms with Gasteiger partial charge in [0.25, 0.3) is 5.91 Å². The Labute approximate surface area is 148 Å². The van der Waals surface area contributed by atoms with Crippen molar-refractivity contribution in [1.29, 1.82) is 0 Å². The van der Waals surface area contributed by atoms with E-state index in [0.29, 0.717) is 5.56 Å². The van der Waals surface area contributed by atoms with E-state index in [-0.39, 0.29) is 22.9 Å². The van der Waals surface area contributed by atoms with Crippen LogP contribution in [-0.4, -0.2) is 26.7 Å². The number of ether oxygens (including phenoxy) is 1. The molecule has 0 bridgehead atoms. The normalized spacial score (nSPS) is 12.7. The van der Waals surface area contributed by atoms with Gasteiger partial charge in [0.05, 0.1) is 17.0 Å². The van der Waals surface area contributed by atoms with Crippen molar-refractivity contribution in [3.05, 3.63) is 59.7 Å². The summed E-state index contributed by atoms with van der Waals surface area (Å²) in [6.07, 6.45) is 1.24. The van der Waals surface area contributed by atoms with Crippen molar-refractivity contribution in [3.63, 3.8) is 0 Å². The second-order valence-electron chi connectivity index (χ2n) is 6.23. The van der Waals surface area contributed by atoms with E-state index in [0.717, 1.165) is 17.6 Å². The fourth-order valence-electron chi connectivity index (χ4n) is 2.32. The molecule has 0 aromatic heterocycles. The van der Waals surface area contributed by atoms with Gasteiger partial charge >= 0.3 is 0 Å². The SMILES string of the molecule is CC(C)Oc1ccc(C(C)NC(=O)c2ccc(S(C)(=O)=O)cc2)cc1. The van der Waals surface area contributed by atoms with Gasteiger partial charge in [0.15, 0.2) is 9.84 Å². The van der Waals surface area contributed by atoms with Crippen molar-refractivity contribution < 1.29 is 17.9 Å². The van der Waals surface area contributed by atoms with Crippen LogP contribution in [-0.2, 0) is 9.84 Å². The maximum Gasteiger partial charge on any atom is 0.251 e. The number of benzene rings is 2. The number of rotatable bonds is 6. The van der Waals surface area contributed by atoms with Gasteiger partial charge in [-0.1, -0.05) is 12.1 Å². The lowest BCUT2D eigenvalue weighted by molar-refractivity contribution is 0.0940. The summed E-state index contributed by atoms with van der Waals surface area (Å²) in [4.78, 5) is 12.5. The Morgan fingerprint density at radius 2 is 1.52 bits per heavy atom. The summed E-state index contributed by atoms with van der Waals surface area (Å²) in [6, 6.07) is 13.3. The minimum atomic E-state index is -3.27. The molecule has 2 aromatic rings. The van der Waals surface area contributed by atoms with Crippen LogP contribution in [0.5, 0.6) is 5.75 Å². The van der Waals surface area contributed by atoms with Gasteiger partial charge in [-0.25, -0.2) is 8.42 Å². The van der Waals surface area contributed by atoms with Crippen molar-refractivity contribution in [2.45, 2.75) is 37.8 Å². The molecule has 5 nitrogen and oxygen atoms in total. The van der Waals surface area contributed by atoms with Crippen LogP contribution >= 0.6 is 0 Å². The molecule has 6 heteroatoms. The van der Waals surface area contributed by atoms with Crippen LogP contribution in [0.3, 0.4) is 0 Å². The van der Waals surface area contributed by atoms with Crippen molar-refractivity contribution in [1.82, 2.24) is 5.32 Å². The largest absolute Gasteiger partial charge is 0.491 e. The molecule has 1 atom stereocenters. The molecule has 0 saturated carbocycles. The van der Waals surface area contributed by atoms with E-state index < -0.39 is 9.84 Å². The summed E-state index contributed by atoms with van der Waals surface area (Å²) in [5.41, 5.74) is 1.37. The summed E-state index contributed by atoms with van der Waals surface area (Å²) in [6.45, 7) is 5.82. The predicted octanol–water partition coefficient (Wildman–Crippen LogP) is 3.37. The number of hydrogen-bond donors (Lipinski definition) is 1. The second-order valence-corrected chi connectivity index (χ2v) is 8.24. The molecule has 0 saturated heterocycles. The number of carbonyl (C=O) groups is 1. The zero-order valence-corrected chi connectivity index (χ0v) is 15.6. The molecule has 0 aliphatic heterocycles. The van der Waals surface area contributed by atoms with E-state index in [4.69, 9.17) is 4.74 Å². The zero-order chi connectivity index (χ0) is 18.6. The van der Waals surface area contributed by atoms with Crippen molar-refractivity contribution in [3.8, 4) is 5.75 Å². The first-order valence-corrected chi connectivity index (χ1v) is 9.93. The first-order chi connectivity index (χ1) is 11.7. The van der Waals surface area contributed by atoms with Crippen molar-refractivity contribution in [2.24, 2.45) is 0 Å². The van der Waals surface area contributed by atoms with Gasteiger partial charge in [-0.15, -0.1) is 0 Å². The molecule has 134 valence electrons. The van der Waals surface area contributed by atoms with Crippen LogP contribution in [0.15, 0.2) is 53.4 Å². The Bertz CT molecular complexity index is 825. The van der Waals surface area contributed by atoms with Crippen LogP contribution in [0, 0.1) is 0 Å². The molecule has 25 heavy (non-hydrogen) atoms. The Morgan fingerprint density at radius 1 is 0.960 bits per heavy atom. The molecule has 0 spiro atoms. The van der Waals surface area contributed by atoms with Crippen LogP contribution in [0.4, 0.5) is 0 Å². The minimum Gasteiger partial charge on any atom is -0.491 e. The molecule has 2 rings (SSSR count). The molecule has 0 fully saturated rings. The van der Waals surface area contributed by atoms with Gasteiger partial charge in [0, 0.05) is 11.8 Å². The molecule has 1 N–H and O–H groups in total. The monoisotopic (exact) mass is 361 g/mol. The third-order valence-electron chi connectivity index (χ3n) is 3.64. The maximum absolute atomic E-state index is 12.3. The average molecular weight is 361 g/mol. The van der Waals surface area contributed by atoms with Gasteiger partial charge < -0.3 is 10.1 Å². The third kappa shape index (κ3) is 5.32. The number of sulfone groups is 1. The van der Waals surface area contributed by atoms with E-state index in [9.17, 15) is 13.2 Å². The number of carbonyl (C=O) groups excluding carboxylic acids is 1. The first kappa shape index (κ1) is 19.0. The Kier molecular flexibility index (Phi) is 5.85. The van der Waals surface area contributed by atoms with Gasteiger partial charge in [-0.2, -0.15) is 0 Å². The number of amides is 1. The highest BCUT2D eigenvalue weighted by Gasteiger charge is 2.13. The highest BCUT2D eigenvalue weighted by Crippen LogP contribution is 2.19. The van der Waals surface area contributed by atoms with Crippen LogP contribution in [0.1, 0.15) is 42.7 Å². The number of hydrogen-bond acceptors (Lipinski definition) is 4. The topological polar surface area (TPSA) is 72.5 Å². The molecular formula is C19H23NO4S. The fraction of sp³-hybridized carbons (Fsp3) is 0.316. The lowest BCUT2D eigenvalue weighted by atomic mass is 10.1. The van der Waals surface area contributed by atoms with Crippen molar-refractivity contribution in [2.75, 3.05) is 6.26 Å². The summed E-state index contributed by atoms with van der Waals surface area (Å²) in [7, 11) is -3.27. The summed E-state index contributed by atoms with van der Waals surface area (Å²) < 4.78 is 28.5. The Morgan fingerprint density at radius 3 is 2.00 bits per heavy atom. The van der Waals surface area contributed by atoms with Crippen LogP contribution < -0.4 is 10.1 Å². The van der Waals surface area contributed by atoms with Gasteiger partial charge in [-0.3, -0.25) is 4.79 Å². The maximum atomic E-state index is 12.3. The van der Waals surface area contributed by atoms with E-state index in [1.54, 1.807) is 0 Å². The lowest BCUT2D eigenvalue weighted by Crippen LogP contribution is -2.26. The van der Waals surface area contributed by atoms with Crippen molar-refractivity contribution >= 4 is 15.7 Å². The summed E-state index contributed by atoms with van der Waals surface area (Å²) in [5, 5.41) is 2.90. The molecule has 0 aliphatic rings. The quantitative estimate of drug-likeness (QED) is 0.856. The van der Waals surface area contributed by atoms with E-state index >= 15 is 0 Å². The Balaban J connectivity index is 2.04. The second kappa shape index (κ2) is 7.70. The van der Waals surface area contributed by atoms with Gasteiger partial charge in [-0.05, 0) is 62.7 Å². The molecule has 0 radical (unpaired) electrons. The van der Waals surface area contributed by atoms with Crippen LogP contribution in [0.25, 0.3) is 0 Å². The minimum absolute atomic E-state index is 0.109. The third-order valence-corrected chi connectivity index (χ3v) is 4.77. The van der Waals surface area contributed by atoms with E-state index in [1.165, 1.54) is 24.3 Å². The highest BCUT2D eigenvalue weighted by molar-refractivity contribution is 7.90. The zero-order valence-electron chi connectivity index (χ0n) is 14.8. The first-order valence-electron chi connectivity index (χ1n) is 8.04. The molecule has 2 aromatic carbocycles. The summed E-state index contributed by atoms with van der Waals surface area (Å²) >= 11 is 0. The van der Waals surface area contributed by atoms with E-state index in [2.05, 4.69) is 5.32 Å². The van der Waals surface area contributed by atoms with E-state index in [1.807, 2.05) is 45.0 Å². The highest BCUT2D eigenvalue weighted by atomic mass is 32.2. The summed E-state index contributed by atoms with van der Waals surface area (Å²) in [5.74, 6) is 0.531. The molecule has 0 aliphatic carbocycles. The smallest absolute Gasteiger partial charge is 0.251 e. The fourth-order valence-corrected chi connectivity index (χ4v) is 2.95. The lowest BCUT2D eigenvalue weighted by Gasteiger charge is -2.16. The molecule has 1 unspecified atom stereocenters.